The molecule has 268 valence electrons. The van der Waals surface area contributed by atoms with Crippen molar-refractivity contribution in [1.29, 1.82) is 0 Å². The molecule has 1 heterocycles. The van der Waals surface area contributed by atoms with E-state index in [1.54, 1.807) is 25.3 Å². The lowest BCUT2D eigenvalue weighted by atomic mass is 9.70. The van der Waals surface area contributed by atoms with Gasteiger partial charge in [-0.3, -0.25) is 14.3 Å². The van der Waals surface area contributed by atoms with Crippen LogP contribution in [0.1, 0.15) is 83.3 Å². The van der Waals surface area contributed by atoms with Crippen LogP contribution >= 0.6 is 11.6 Å². The summed E-state index contributed by atoms with van der Waals surface area (Å²) in [5.74, 6) is 0.805. The molecule has 5 rings (SSSR count). The lowest BCUT2D eigenvalue weighted by Crippen LogP contribution is -2.44. The van der Waals surface area contributed by atoms with E-state index in [0.717, 1.165) is 57.2 Å². The van der Waals surface area contributed by atoms with Gasteiger partial charge in [0.25, 0.3) is 0 Å². The van der Waals surface area contributed by atoms with E-state index < -0.39 is 9.92 Å². The van der Waals surface area contributed by atoms with Gasteiger partial charge >= 0.3 is 0 Å². The number of halogens is 1. The van der Waals surface area contributed by atoms with Crippen molar-refractivity contribution in [1.82, 2.24) is 4.72 Å². The molecule has 5 atom stereocenters. The van der Waals surface area contributed by atoms with Crippen molar-refractivity contribution in [3.05, 3.63) is 64.7 Å². The third-order valence-corrected chi connectivity index (χ3v) is 12.0. The molecule has 2 saturated carbocycles. The highest BCUT2D eigenvalue weighted by atomic mass is 35.5. The molecule has 0 bridgehead atoms. The van der Waals surface area contributed by atoms with Crippen LogP contribution in [-0.2, 0) is 35.4 Å². The number of aryl methyl sites for hydroxylation is 1. The van der Waals surface area contributed by atoms with Gasteiger partial charge < -0.3 is 19.1 Å². The second-order valence-electron chi connectivity index (χ2n) is 14.5. The molecule has 0 spiro atoms. The molecule has 2 aromatic carbocycles. The molecule has 9 nitrogen and oxygen atoms in total. The SMILES string of the molecule is CCCc1cc(Cl)ccc1C1COc2ccc(S(=O)(=NC=O)NC(=O)C3CCC3)cc2N(C[C@@H]2CCC2C(/C=C/COC(C)(C)C)OC)C1. The monoisotopic (exact) mass is 713 g/mol. The topological polar surface area (TPSA) is 107 Å². The van der Waals surface area contributed by atoms with E-state index in [0.29, 0.717) is 42.4 Å². The Morgan fingerprint density at radius 1 is 1.18 bits per heavy atom. The minimum Gasteiger partial charge on any atom is -0.491 e. The second-order valence-corrected chi connectivity index (χ2v) is 16.9. The second kappa shape index (κ2) is 16.4. The Balaban J connectivity index is 1.47. The molecule has 3 aliphatic rings. The van der Waals surface area contributed by atoms with Gasteiger partial charge in [-0.15, -0.1) is 4.36 Å². The molecule has 1 aliphatic heterocycles. The fourth-order valence-electron chi connectivity index (χ4n) is 6.98. The van der Waals surface area contributed by atoms with Crippen molar-refractivity contribution in [3.8, 4) is 5.75 Å². The maximum absolute atomic E-state index is 14.2. The van der Waals surface area contributed by atoms with E-state index >= 15 is 0 Å². The molecule has 1 N–H and O–H groups in total. The Kier molecular flexibility index (Phi) is 12.5. The number of carbonyl (C=O) groups excluding carboxylic acids is 2. The number of methoxy groups -OCH3 is 1. The van der Waals surface area contributed by atoms with Gasteiger partial charge in [0.15, 0.2) is 9.92 Å². The van der Waals surface area contributed by atoms with Crippen molar-refractivity contribution >= 4 is 39.5 Å². The van der Waals surface area contributed by atoms with Gasteiger partial charge in [-0.05, 0) is 106 Å². The molecule has 0 radical (unpaired) electrons. The first-order valence-electron chi connectivity index (χ1n) is 17.6. The van der Waals surface area contributed by atoms with Crippen LogP contribution < -0.4 is 14.4 Å². The predicted molar refractivity (Wildman–Crippen MR) is 195 cm³/mol. The van der Waals surface area contributed by atoms with Crippen LogP contribution in [0.4, 0.5) is 5.69 Å². The van der Waals surface area contributed by atoms with Crippen molar-refractivity contribution in [3.63, 3.8) is 0 Å². The van der Waals surface area contributed by atoms with Crippen LogP contribution in [0.5, 0.6) is 5.75 Å². The number of fused-ring (bicyclic) bond motifs is 1. The van der Waals surface area contributed by atoms with Gasteiger partial charge in [0.05, 0.1) is 35.5 Å². The number of nitrogens with zero attached hydrogens (tertiary/aromatic N) is 2. The highest BCUT2D eigenvalue weighted by Crippen LogP contribution is 2.43. The average molecular weight is 714 g/mol. The van der Waals surface area contributed by atoms with Crippen molar-refractivity contribution in [2.24, 2.45) is 22.1 Å². The summed E-state index contributed by atoms with van der Waals surface area (Å²) in [4.78, 5) is 27.2. The van der Waals surface area contributed by atoms with E-state index in [9.17, 15) is 13.8 Å². The first-order valence-corrected chi connectivity index (χ1v) is 19.5. The Morgan fingerprint density at radius 3 is 2.61 bits per heavy atom. The molecule has 2 fully saturated rings. The fourth-order valence-corrected chi connectivity index (χ4v) is 8.55. The lowest BCUT2D eigenvalue weighted by Gasteiger charge is -2.43. The van der Waals surface area contributed by atoms with Crippen LogP contribution in [0.25, 0.3) is 0 Å². The molecular weight excluding hydrogens is 662 g/mol. The van der Waals surface area contributed by atoms with Crippen molar-refractivity contribution < 1.29 is 28.0 Å². The van der Waals surface area contributed by atoms with Crippen molar-refractivity contribution in [2.75, 3.05) is 38.3 Å². The van der Waals surface area contributed by atoms with Gasteiger partial charge in [-0.1, -0.05) is 49.6 Å². The van der Waals surface area contributed by atoms with Gasteiger partial charge in [-0.25, -0.2) is 4.21 Å². The third-order valence-electron chi connectivity index (χ3n) is 10.0. The van der Waals surface area contributed by atoms with Gasteiger partial charge in [0, 0.05) is 37.1 Å². The zero-order valence-corrected chi connectivity index (χ0v) is 31.1. The third kappa shape index (κ3) is 9.25. The molecule has 2 aromatic rings. The van der Waals surface area contributed by atoms with E-state index in [1.165, 1.54) is 11.1 Å². The largest absolute Gasteiger partial charge is 0.491 e. The van der Waals surface area contributed by atoms with Crippen LogP contribution in [-0.4, -0.2) is 61.6 Å². The molecule has 0 saturated heterocycles. The maximum atomic E-state index is 14.2. The normalized spacial score (nSPS) is 22.9. The molecule has 4 unspecified atom stereocenters. The number of hydrogen-bond acceptors (Lipinski definition) is 7. The lowest BCUT2D eigenvalue weighted by molar-refractivity contribution is -0.125. The summed E-state index contributed by atoms with van der Waals surface area (Å²) in [6, 6.07) is 11.3. The van der Waals surface area contributed by atoms with Crippen LogP contribution in [0, 0.1) is 17.8 Å². The van der Waals surface area contributed by atoms with E-state index in [2.05, 4.69) is 39.1 Å². The zero-order chi connectivity index (χ0) is 35.2. The highest BCUT2D eigenvalue weighted by molar-refractivity contribution is 7.92. The zero-order valence-electron chi connectivity index (χ0n) is 29.5. The van der Waals surface area contributed by atoms with Gasteiger partial charge in [0.1, 0.15) is 5.75 Å². The van der Waals surface area contributed by atoms with Crippen LogP contribution in [0.15, 0.2) is 57.8 Å². The Bertz CT molecular complexity index is 1630. The molecule has 2 aliphatic carbocycles. The summed E-state index contributed by atoms with van der Waals surface area (Å²) in [6.45, 7) is 10.7. The summed E-state index contributed by atoms with van der Waals surface area (Å²) in [5, 5.41) is 0.716. The van der Waals surface area contributed by atoms with E-state index in [4.69, 9.17) is 25.8 Å². The average Bonchev–Trinajstić information content (AvgIpc) is 3.18. The number of rotatable bonds is 14. The minimum atomic E-state index is -3.54. The number of benzene rings is 2. The van der Waals surface area contributed by atoms with Gasteiger partial charge in [0.2, 0.25) is 12.3 Å². The summed E-state index contributed by atoms with van der Waals surface area (Å²) in [5.41, 5.74) is 2.97. The molecule has 2 amide bonds. The summed E-state index contributed by atoms with van der Waals surface area (Å²) in [6.07, 6.45) is 10.8. The Morgan fingerprint density at radius 2 is 1.98 bits per heavy atom. The maximum Gasteiger partial charge on any atom is 0.242 e. The Labute approximate surface area is 297 Å². The van der Waals surface area contributed by atoms with Crippen molar-refractivity contribution in [2.45, 2.75) is 95.2 Å². The van der Waals surface area contributed by atoms with E-state index in [-0.39, 0.29) is 40.8 Å². The quantitative estimate of drug-likeness (QED) is 0.160. The number of anilines is 1. The smallest absolute Gasteiger partial charge is 0.242 e. The number of carbonyl (C=O) groups is 2. The number of ether oxygens (including phenoxy) is 3. The number of amides is 2. The van der Waals surface area contributed by atoms with E-state index in [1.807, 2.05) is 32.9 Å². The number of hydrogen-bond donors (Lipinski definition) is 1. The first kappa shape index (κ1) is 37.3. The molecule has 11 heteroatoms. The summed E-state index contributed by atoms with van der Waals surface area (Å²) < 4.78 is 39.0. The molecule has 0 aromatic heterocycles. The van der Waals surface area contributed by atoms with Crippen LogP contribution in [0.2, 0.25) is 5.02 Å². The Hall–Kier alpha value is -2.92. The summed E-state index contributed by atoms with van der Waals surface area (Å²) >= 11 is 6.44. The molecular formula is C38H52ClN3O6S. The minimum absolute atomic E-state index is 0.0446. The predicted octanol–water partition coefficient (Wildman–Crippen LogP) is 7.50. The van der Waals surface area contributed by atoms with Crippen LogP contribution in [0.3, 0.4) is 0 Å². The molecule has 49 heavy (non-hydrogen) atoms. The fraction of sp³-hybridized carbons (Fsp3) is 0.579. The van der Waals surface area contributed by atoms with Gasteiger partial charge in [-0.2, -0.15) is 0 Å². The standard InChI is InChI=1S/C38H52ClN3O6S/c1-6-9-27-20-30(39)14-17-32(27)29-23-42(22-28-13-16-33(28)35(46-5)12-8-19-48-38(2,3)4)34-21-31(15-18-36(34)47-24-29)49(45,40-25-43)41-37(44)26-10-7-11-26/h8,12,14-15,17-18,20-21,25-26,28-29,33,35H,6-7,9-11,13,16,19,22-24H2,1-5H3,(H,40,41,43,44,45)/b12-8+/t28-,29?,33?,35?,49?/m0/s1. The first-order chi connectivity index (χ1) is 23.4. The highest BCUT2D eigenvalue weighted by Gasteiger charge is 2.39. The number of nitrogens with one attached hydrogen (secondary N) is 1. The summed E-state index contributed by atoms with van der Waals surface area (Å²) in [7, 11) is -1.79.